The van der Waals surface area contributed by atoms with Gasteiger partial charge in [0, 0.05) is 32.0 Å². The van der Waals surface area contributed by atoms with Crippen molar-refractivity contribution in [2.75, 3.05) is 25.5 Å². The monoisotopic (exact) mass is 247 g/mol. The number of nitrogens with one attached hydrogen (secondary N) is 1. The summed E-state index contributed by atoms with van der Waals surface area (Å²) in [5.41, 5.74) is 1.81. The third-order valence-electron chi connectivity index (χ3n) is 3.67. The molecule has 1 aromatic rings. The molecule has 0 aromatic carbocycles. The fourth-order valence-electron chi connectivity index (χ4n) is 2.18. The van der Waals surface area contributed by atoms with Crippen molar-refractivity contribution in [3.8, 4) is 0 Å². The fraction of sp³-hybridized carbons (Fsp3) is 0.571. The highest BCUT2D eigenvalue weighted by molar-refractivity contribution is 5.93. The van der Waals surface area contributed by atoms with Gasteiger partial charge in [0.1, 0.15) is 5.69 Å². The predicted octanol–water partition coefficient (Wildman–Crippen LogP) is 2.39. The number of rotatable bonds is 2. The van der Waals surface area contributed by atoms with E-state index in [0.29, 0.717) is 11.1 Å². The van der Waals surface area contributed by atoms with E-state index in [1.54, 1.807) is 6.20 Å². The van der Waals surface area contributed by atoms with Gasteiger partial charge in [0.2, 0.25) is 0 Å². The van der Waals surface area contributed by atoms with Crippen molar-refractivity contribution in [2.24, 2.45) is 5.41 Å². The lowest BCUT2D eigenvalue weighted by molar-refractivity contribution is 0.0624. The minimum atomic E-state index is 0.0441. The van der Waals surface area contributed by atoms with Crippen molar-refractivity contribution >= 4 is 11.6 Å². The number of likely N-dealkylation sites (tertiary alicyclic amines) is 1. The standard InChI is InChI=1S/C14H21N3O/c1-14(2)5-8-17(9-6-14)13(18)12-10-11(15-3)4-7-16-12/h4,7,10H,5-6,8-9H2,1-3H3,(H,15,16). The van der Waals surface area contributed by atoms with Crippen LogP contribution in [0.25, 0.3) is 0 Å². The highest BCUT2D eigenvalue weighted by Crippen LogP contribution is 2.30. The van der Waals surface area contributed by atoms with Crippen LogP contribution >= 0.6 is 0 Å². The number of carbonyl (C=O) groups is 1. The van der Waals surface area contributed by atoms with E-state index >= 15 is 0 Å². The van der Waals surface area contributed by atoms with E-state index in [9.17, 15) is 4.79 Å². The summed E-state index contributed by atoms with van der Waals surface area (Å²) in [6.45, 7) is 6.18. The maximum atomic E-state index is 12.3. The summed E-state index contributed by atoms with van der Waals surface area (Å²) in [5.74, 6) is 0.0441. The van der Waals surface area contributed by atoms with E-state index in [-0.39, 0.29) is 5.91 Å². The quantitative estimate of drug-likeness (QED) is 0.872. The lowest BCUT2D eigenvalue weighted by atomic mass is 9.82. The smallest absolute Gasteiger partial charge is 0.272 e. The summed E-state index contributed by atoms with van der Waals surface area (Å²) in [4.78, 5) is 18.4. The Kier molecular flexibility index (Phi) is 3.55. The van der Waals surface area contributed by atoms with Crippen LogP contribution < -0.4 is 5.32 Å². The Morgan fingerprint density at radius 3 is 2.67 bits per heavy atom. The van der Waals surface area contributed by atoms with E-state index < -0.39 is 0 Å². The van der Waals surface area contributed by atoms with Gasteiger partial charge in [-0.05, 0) is 30.4 Å². The van der Waals surface area contributed by atoms with Crippen molar-refractivity contribution in [3.63, 3.8) is 0 Å². The van der Waals surface area contributed by atoms with Crippen LogP contribution in [0.3, 0.4) is 0 Å². The molecule has 4 heteroatoms. The molecule has 1 aliphatic heterocycles. The molecule has 0 unspecified atom stereocenters. The largest absolute Gasteiger partial charge is 0.388 e. The summed E-state index contributed by atoms with van der Waals surface area (Å²) in [6, 6.07) is 3.66. The number of hydrogen-bond acceptors (Lipinski definition) is 3. The average molecular weight is 247 g/mol. The molecule has 1 amide bonds. The maximum Gasteiger partial charge on any atom is 0.272 e. The zero-order valence-corrected chi connectivity index (χ0v) is 11.4. The molecule has 1 aromatic heterocycles. The maximum absolute atomic E-state index is 12.3. The highest BCUT2D eigenvalue weighted by Gasteiger charge is 2.28. The fourth-order valence-corrected chi connectivity index (χ4v) is 2.18. The van der Waals surface area contributed by atoms with Crippen molar-refractivity contribution in [3.05, 3.63) is 24.0 Å². The SMILES string of the molecule is CNc1ccnc(C(=O)N2CCC(C)(C)CC2)c1. The van der Waals surface area contributed by atoms with Crippen LogP contribution in [0.5, 0.6) is 0 Å². The van der Waals surface area contributed by atoms with Crippen LogP contribution in [-0.2, 0) is 0 Å². The number of amides is 1. The molecule has 2 rings (SSSR count). The van der Waals surface area contributed by atoms with Crippen LogP contribution in [0.2, 0.25) is 0 Å². The molecule has 0 atom stereocenters. The summed E-state index contributed by atoms with van der Waals surface area (Å²) in [6.07, 6.45) is 3.79. The number of nitrogens with zero attached hydrogens (tertiary/aromatic N) is 2. The van der Waals surface area contributed by atoms with Crippen molar-refractivity contribution in [2.45, 2.75) is 26.7 Å². The molecular weight excluding hydrogens is 226 g/mol. The second kappa shape index (κ2) is 4.96. The minimum absolute atomic E-state index is 0.0441. The van der Waals surface area contributed by atoms with Gasteiger partial charge in [0.05, 0.1) is 0 Å². The summed E-state index contributed by atoms with van der Waals surface area (Å²) >= 11 is 0. The molecule has 0 saturated carbocycles. The van der Waals surface area contributed by atoms with E-state index in [1.165, 1.54) is 0 Å². The van der Waals surface area contributed by atoms with Gasteiger partial charge >= 0.3 is 0 Å². The molecule has 1 N–H and O–H groups in total. The summed E-state index contributed by atoms with van der Waals surface area (Å²) in [5, 5.41) is 3.03. The van der Waals surface area contributed by atoms with Gasteiger partial charge in [-0.15, -0.1) is 0 Å². The number of anilines is 1. The van der Waals surface area contributed by atoms with Crippen molar-refractivity contribution in [1.82, 2.24) is 9.88 Å². The summed E-state index contributed by atoms with van der Waals surface area (Å²) in [7, 11) is 1.84. The average Bonchev–Trinajstić information content (AvgIpc) is 2.38. The Bertz CT molecular complexity index is 432. The lowest BCUT2D eigenvalue weighted by Crippen LogP contribution is -2.41. The molecule has 98 valence electrons. The molecule has 0 aliphatic carbocycles. The van der Waals surface area contributed by atoms with Gasteiger partial charge in [-0.1, -0.05) is 13.8 Å². The molecule has 0 bridgehead atoms. The summed E-state index contributed by atoms with van der Waals surface area (Å²) < 4.78 is 0. The Hall–Kier alpha value is -1.58. The zero-order valence-electron chi connectivity index (χ0n) is 11.4. The van der Waals surface area contributed by atoms with E-state index in [2.05, 4.69) is 24.1 Å². The topological polar surface area (TPSA) is 45.2 Å². The zero-order chi connectivity index (χ0) is 13.2. The van der Waals surface area contributed by atoms with Gasteiger partial charge in [-0.2, -0.15) is 0 Å². The third-order valence-corrected chi connectivity index (χ3v) is 3.67. The first-order valence-electron chi connectivity index (χ1n) is 6.45. The van der Waals surface area contributed by atoms with E-state index in [0.717, 1.165) is 31.6 Å². The van der Waals surface area contributed by atoms with E-state index in [4.69, 9.17) is 0 Å². The first-order valence-corrected chi connectivity index (χ1v) is 6.45. The normalized spacial score (nSPS) is 18.5. The van der Waals surface area contributed by atoms with Crippen LogP contribution in [0.1, 0.15) is 37.2 Å². The van der Waals surface area contributed by atoms with Gasteiger partial charge < -0.3 is 10.2 Å². The highest BCUT2D eigenvalue weighted by atomic mass is 16.2. The molecule has 0 radical (unpaired) electrons. The molecule has 1 aliphatic rings. The molecule has 0 spiro atoms. The second-order valence-corrected chi connectivity index (χ2v) is 5.64. The van der Waals surface area contributed by atoms with Gasteiger partial charge in [0.25, 0.3) is 5.91 Å². The molecule has 18 heavy (non-hydrogen) atoms. The number of aromatic nitrogens is 1. The van der Waals surface area contributed by atoms with Gasteiger partial charge in [-0.3, -0.25) is 9.78 Å². The first kappa shape index (κ1) is 12.9. The number of piperidine rings is 1. The van der Waals surface area contributed by atoms with Crippen LogP contribution in [0.15, 0.2) is 18.3 Å². The third kappa shape index (κ3) is 2.81. The number of pyridine rings is 1. The van der Waals surface area contributed by atoms with Crippen LogP contribution in [0, 0.1) is 5.41 Å². The predicted molar refractivity (Wildman–Crippen MR) is 72.7 cm³/mol. The first-order chi connectivity index (χ1) is 8.52. The van der Waals surface area contributed by atoms with Crippen LogP contribution in [0.4, 0.5) is 5.69 Å². The Morgan fingerprint density at radius 1 is 1.39 bits per heavy atom. The Morgan fingerprint density at radius 2 is 2.06 bits per heavy atom. The Balaban J connectivity index is 2.07. The molecule has 2 heterocycles. The molecule has 4 nitrogen and oxygen atoms in total. The van der Waals surface area contributed by atoms with Gasteiger partial charge in [0.15, 0.2) is 0 Å². The number of carbonyl (C=O) groups excluding carboxylic acids is 1. The second-order valence-electron chi connectivity index (χ2n) is 5.64. The van der Waals surface area contributed by atoms with Gasteiger partial charge in [-0.25, -0.2) is 0 Å². The molecule has 1 saturated heterocycles. The van der Waals surface area contributed by atoms with Crippen LogP contribution in [-0.4, -0.2) is 35.9 Å². The van der Waals surface area contributed by atoms with E-state index in [1.807, 2.05) is 24.1 Å². The van der Waals surface area contributed by atoms with Crippen molar-refractivity contribution in [1.29, 1.82) is 0 Å². The molecule has 1 fully saturated rings. The minimum Gasteiger partial charge on any atom is -0.388 e. The lowest BCUT2D eigenvalue weighted by Gasteiger charge is -2.36. The van der Waals surface area contributed by atoms with Crippen molar-refractivity contribution < 1.29 is 4.79 Å². The Labute approximate surface area is 108 Å². The molecular formula is C14H21N3O. The number of hydrogen-bond donors (Lipinski definition) is 1.